The number of anilines is 2. The quantitative estimate of drug-likeness (QED) is 0.126. The van der Waals surface area contributed by atoms with Crippen molar-refractivity contribution < 1.29 is 14.2 Å². The Morgan fingerprint density at radius 1 is 0.979 bits per heavy atom. The second-order valence-corrected chi connectivity index (χ2v) is 12.5. The summed E-state index contributed by atoms with van der Waals surface area (Å²) in [4.78, 5) is 12.7. The first-order chi connectivity index (χ1) is 23.3. The van der Waals surface area contributed by atoms with Crippen molar-refractivity contribution >= 4 is 34.6 Å². The van der Waals surface area contributed by atoms with Crippen LogP contribution in [0.25, 0.3) is 5.69 Å². The van der Waals surface area contributed by atoms with E-state index in [2.05, 4.69) is 25.9 Å². The molecule has 1 saturated heterocycles. The maximum absolute atomic E-state index is 12.7. The van der Waals surface area contributed by atoms with Crippen molar-refractivity contribution in [1.82, 2.24) is 24.5 Å². The topological polar surface area (TPSA) is 117 Å². The van der Waals surface area contributed by atoms with Gasteiger partial charge in [0.05, 0.1) is 24.5 Å². The lowest BCUT2D eigenvalue weighted by Gasteiger charge is -2.29. The molecule has 0 radical (unpaired) electrons. The van der Waals surface area contributed by atoms with Crippen LogP contribution in [0.2, 0.25) is 10.0 Å². The standard InChI is InChI=1S/C35H37Cl2N7O4/c1-3-24(2)44-34(45)43(23-42-44)31-8-4-29(5-9-31)38-14-15-39-30-6-10-32(11-7-30)46-21-33-22-47-35(48-33,19-25-12-13-40-41-20-25)26-16-27(36)18-28(37)17-26/h4-13,16-18,20,23-24,33,38-39H,3,14-15,19,21-22H2,1-2H3/t24?,33-,35-/m1/s1. The van der Waals surface area contributed by atoms with Crippen LogP contribution in [-0.4, -0.2) is 57.0 Å². The van der Waals surface area contributed by atoms with Gasteiger partial charge in [-0.25, -0.2) is 14.0 Å². The van der Waals surface area contributed by atoms with Crippen LogP contribution in [0, 0.1) is 0 Å². The van der Waals surface area contributed by atoms with Gasteiger partial charge in [0.15, 0.2) is 5.79 Å². The second kappa shape index (κ2) is 15.2. The zero-order valence-electron chi connectivity index (χ0n) is 26.7. The molecular formula is C35H37Cl2N7O4. The molecule has 0 saturated carbocycles. The van der Waals surface area contributed by atoms with Crippen molar-refractivity contribution in [3.8, 4) is 11.4 Å². The lowest BCUT2D eigenvalue weighted by molar-refractivity contribution is -0.178. The molecule has 11 nitrogen and oxygen atoms in total. The van der Waals surface area contributed by atoms with Crippen molar-refractivity contribution in [1.29, 1.82) is 0 Å². The molecule has 5 aromatic rings. The first kappa shape index (κ1) is 33.5. The normalized spacial score (nSPS) is 18.0. The lowest BCUT2D eigenvalue weighted by Crippen LogP contribution is -2.32. The Labute approximate surface area is 288 Å². The summed E-state index contributed by atoms with van der Waals surface area (Å²) >= 11 is 12.7. The highest BCUT2D eigenvalue weighted by molar-refractivity contribution is 6.34. The Morgan fingerprint density at radius 2 is 1.67 bits per heavy atom. The van der Waals surface area contributed by atoms with E-state index >= 15 is 0 Å². The van der Waals surface area contributed by atoms with E-state index in [0.717, 1.165) is 40.4 Å². The number of ether oxygens (including phenoxy) is 3. The SMILES string of the molecule is CCC(C)n1ncn(-c2ccc(NCCNc3ccc(OC[C@@H]4CO[C@@](Cc5ccnnc5)(c5cc(Cl)cc(Cl)c5)O4)cc3)cc2)c1=O. The molecular weight excluding hydrogens is 653 g/mol. The van der Waals surface area contributed by atoms with Crippen molar-refractivity contribution in [3.05, 3.63) is 123 Å². The van der Waals surface area contributed by atoms with Gasteiger partial charge in [-0.15, -0.1) is 0 Å². The predicted octanol–water partition coefficient (Wildman–Crippen LogP) is 6.52. The van der Waals surface area contributed by atoms with E-state index in [0.29, 0.717) is 42.8 Å². The summed E-state index contributed by atoms with van der Waals surface area (Å²) in [5.41, 5.74) is 4.20. The molecule has 3 aromatic carbocycles. The van der Waals surface area contributed by atoms with Gasteiger partial charge in [-0.3, -0.25) is 0 Å². The summed E-state index contributed by atoms with van der Waals surface area (Å²) < 4.78 is 21.9. The van der Waals surface area contributed by atoms with Gasteiger partial charge in [0, 0.05) is 52.7 Å². The van der Waals surface area contributed by atoms with Crippen molar-refractivity contribution in [2.45, 2.75) is 44.6 Å². The Bertz CT molecular complexity index is 1830. The van der Waals surface area contributed by atoms with Crippen LogP contribution in [0.15, 0.2) is 96.3 Å². The van der Waals surface area contributed by atoms with E-state index in [-0.39, 0.29) is 17.8 Å². The van der Waals surface area contributed by atoms with E-state index in [1.807, 2.05) is 68.4 Å². The Morgan fingerprint density at radius 3 is 2.31 bits per heavy atom. The van der Waals surface area contributed by atoms with Crippen molar-refractivity contribution in [2.75, 3.05) is 36.9 Å². The van der Waals surface area contributed by atoms with E-state index < -0.39 is 5.79 Å². The lowest BCUT2D eigenvalue weighted by atomic mass is 9.98. The molecule has 1 fully saturated rings. The van der Waals surface area contributed by atoms with Gasteiger partial charge in [0.1, 0.15) is 24.8 Å². The van der Waals surface area contributed by atoms with Gasteiger partial charge in [-0.1, -0.05) is 30.1 Å². The Hall–Kier alpha value is -4.42. The predicted molar refractivity (Wildman–Crippen MR) is 186 cm³/mol. The zero-order valence-corrected chi connectivity index (χ0v) is 28.2. The summed E-state index contributed by atoms with van der Waals surface area (Å²) in [5.74, 6) is -0.371. The molecule has 3 atom stereocenters. The highest BCUT2D eigenvalue weighted by Gasteiger charge is 2.44. The Kier molecular flexibility index (Phi) is 10.6. The fourth-order valence-electron chi connectivity index (χ4n) is 5.44. The molecule has 13 heteroatoms. The Balaban J connectivity index is 0.974. The molecule has 2 aromatic heterocycles. The molecule has 250 valence electrons. The minimum atomic E-state index is -1.09. The average Bonchev–Trinajstić information content (AvgIpc) is 3.70. The molecule has 1 aliphatic rings. The molecule has 6 rings (SSSR count). The third-order valence-corrected chi connectivity index (χ3v) is 8.60. The number of benzene rings is 3. The number of halogens is 2. The molecule has 1 aliphatic heterocycles. The second-order valence-electron chi connectivity index (χ2n) is 11.6. The minimum Gasteiger partial charge on any atom is -0.491 e. The van der Waals surface area contributed by atoms with E-state index in [4.69, 9.17) is 37.4 Å². The zero-order chi connectivity index (χ0) is 33.5. The van der Waals surface area contributed by atoms with E-state index in [9.17, 15) is 4.79 Å². The van der Waals surface area contributed by atoms with Gasteiger partial charge in [-0.05, 0) is 91.7 Å². The summed E-state index contributed by atoms with van der Waals surface area (Å²) in [6, 6.07) is 22.7. The molecule has 0 aliphatic carbocycles. The number of aromatic nitrogens is 5. The summed E-state index contributed by atoms with van der Waals surface area (Å²) in [6.45, 7) is 6.07. The maximum atomic E-state index is 12.7. The maximum Gasteiger partial charge on any atom is 0.350 e. The van der Waals surface area contributed by atoms with Crippen LogP contribution in [-0.2, 0) is 21.7 Å². The van der Waals surface area contributed by atoms with Gasteiger partial charge in [-0.2, -0.15) is 15.3 Å². The van der Waals surface area contributed by atoms with E-state index in [1.165, 1.54) is 4.68 Å². The molecule has 3 heterocycles. The number of hydrogen-bond donors (Lipinski definition) is 2. The fourth-order valence-corrected chi connectivity index (χ4v) is 5.96. The minimum absolute atomic E-state index is 0.0578. The highest BCUT2D eigenvalue weighted by atomic mass is 35.5. The third kappa shape index (κ3) is 7.99. The van der Waals surface area contributed by atoms with Crippen LogP contribution < -0.4 is 21.1 Å². The first-order valence-corrected chi connectivity index (χ1v) is 16.6. The van der Waals surface area contributed by atoms with Crippen LogP contribution in [0.1, 0.15) is 37.4 Å². The number of nitrogens with zero attached hydrogens (tertiary/aromatic N) is 5. The molecule has 1 unspecified atom stereocenters. The largest absolute Gasteiger partial charge is 0.491 e. The fraction of sp³-hybridized carbons (Fsp3) is 0.314. The van der Waals surface area contributed by atoms with Crippen LogP contribution in [0.5, 0.6) is 5.75 Å². The summed E-state index contributed by atoms with van der Waals surface area (Å²) in [5, 5.41) is 19.9. The van der Waals surface area contributed by atoms with Crippen molar-refractivity contribution in [2.24, 2.45) is 0 Å². The molecule has 48 heavy (non-hydrogen) atoms. The number of nitrogens with one attached hydrogen (secondary N) is 2. The van der Waals surface area contributed by atoms with Crippen LogP contribution >= 0.6 is 23.2 Å². The molecule has 0 amide bonds. The molecule has 0 bridgehead atoms. The van der Waals surface area contributed by atoms with Gasteiger partial charge in [0.25, 0.3) is 0 Å². The van der Waals surface area contributed by atoms with Gasteiger partial charge >= 0.3 is 5.69 Å². The number of rotatable bonds is 14. The molecule has 2 N–H and O–H groups in total. The van der Waals surface area contributed by atoms with Crippen molar-refractivity contribution in [3.63, 3.8) is 0 Å². The van der Waals surface area contributed by atoms with Crippen LogP contribution in [0.4, 0.5) is 11.4 Å². The third-order valence-electron chi connectivity index (χ3n) is 8.16. The summed E-state index contributed by atoms with van der Waals surface area (Å²) in [7, 11) is 0. The number of hydrogen-bond acceptors (Lipinski definition) is 9. The molecule has 0 spiro atoms. The van der Waals surface area contributed by atoms with Crippen LogP contribution in [0.3, 0.4) is 0 Å². The highest BCUT2D eigenvalue weighted by Crippen LogP contribution is 2.40. The smallest absolute Gasteiger partial charge is 0.350 e. The monoisotopic (exact) mass is 689 g/mol. The van der Waals surface area contributed by atoms with Gasteiger partial charge in [0.2, 0.25) is 0 Å². The van der Waals surface area contributed by atoms with E-state index in [1.54, 1.807) is 41.5 Å². The summed E-state index contributed by atoms with van der Waals surface area (Å²) in [6.07, 6.45) is 5.81. The first-order valence-electron chi connectivity index (χ1n) is 15.8. The average molecular weight is 691 g/mol. The van der Waals surface area contributed by atoms with Gasteiger partial charge < -0.3 is 24.8 Å².